The van der Waals surface area contributed by atoms with Crippen LogP contribution < -0.4 is 10.6 Å². The third-order valence-electron chi connectivity index (χ3n) is 6.33. The second kappa shape index (κ2) is 15.6. The van der Waals surface area contributed by atoms with E-state index in [0.717, 1.165) is 11.1 Å². The van der Waals surface area contributed by atoms with Crippen molar-refractivity contribution in [3.05, 3.63) is 84.4 Å². The van der Waals surface area contributed by atoms with Crippen LogP contribution in [0.5, 0.6) is 0 Å². The number of amides is 2. The van der Waals surface area contributed by atoms with E-state index in [9.17, 15) is 24.0 Å². The van der Waals surface area contributed by atoms with Gasteiger partial charge < -0.3 is 15.7 Å². The predicted octanol–water partition coefficient (Wildman–Crippen LogP) is 3.35. The lowest BCUT2D eigenvalue weighted by molar-refractivity contribution is -0.138. The van der Waals surface area contributed by atoms with E-state index in [1.54, 1.807) is 6.92 Å². The first-order valence-electron chi connectivity index (χ1n) is 12.8. The highest BCUT2D eigenvalue weighted by molar-refractivity contribution is 7.82. The van der Waals surface area contributed by atoms with Crippen molar-refractivity contribution in [1.82, 2.24) is 10.6 Å². The van der Waals surface area contributed by atoms with Gasteiger partial charge in [0, 0.05) is 18.8 Å². The molecule has 2 aromatic carbocycles. The van der Waals surface area contributed by atoms with E-state index in [4.69, 9.17) is 5.11 Å². The summed E-state index contributed by atoms with van der Waals surface area (Å²) in [6, 6.07) is 17.6. The highest BCUT2D eigenvalue weighted by Gasteiger charge is 2.33. The van der Waals surface area contributed by atoms with E-state index in [2.05, 4.69) is 29.8 Å². The monoisotopic (exact) mass is 552 g/mol. The number of hydrogen-bond acceptors (Lipinski definition) is 6. The molecule has 39 heavy (non-hydrogen) atoms. The number of rotatable bonds is 17. The Kier molecular flexibility index (Phi) is 12.6. The average molecular weight is 553 g/mol. The zero-order chi connectivity index (χ0) is 28.8. The number of carboxylic acids is 1. The van der Waals surface area contributed by atoms with Crippen molar-refractivity contribution >= 4 is 42.0 Å². The van der Waals surface area contributed by atoms with E-state index in [1.807, 2.05) is 60.7 Å². The predicted molar refractivity (Wildman–Crippen MR) is 152 cm³/mol. The molecule has 2 aromatic rings. The maximum absolute atomic E-state index is 13.3. The second-order valence-corrected chi connectivity index (χ2v) is 10.7. The van der Waals surface area contributed by atoms with E-state index >= 15 is 0 Å². The molecule has 0 heterocycles. The number of carboxylic acid groups (broad SMARTS) is 1. The van der Waals surface area contributed by atoms with Gasteiger partial charge in [0.25, 0.3) is 0 Å². The Morgan fingerprint density at radius 3 is 2.10 bits per heavy atom. The van der Waals surface area contributed by atoms with Crippen LogP contribution in [0.3, 0.4) is 0 Å². The fourth-order valence-electron chi connectivity index (χ4n) is 4.11. The first kappa shape index (κ1) is 31.5. The van der Waals surface area contributed by atoms with Crippen LogP contribution in [0.1, 0.15) is 43.7 Å². The minimum Gasteiger partial charge on any atom is -0.480 e. The number of aliphatic carboxylic acids is 1. The van der Waals surface area contributed by atoms with Crippen LogP contribution in [0.25, 0.3) is 0 Å². The van der Waals surface area contributed by atoms with Crippen LogP contribution in [-0.4, -0.2) is 51.8 Å². The van der Waals surface area contributed by atoms with Gasteiger partial charge in [0.05, 0.1) is 10.8 Å². The molecular formula is C30H36N2O6S. The molecule has 3 N–H and O–H groups in total. The fraction of sp³-hybridized carbons (Fsp3) is 0.367. The van der Waals surface area contributed by atoms with Crippen molar-refractivity contribution in [3.8, 4) is 0 Å². The number of benzene rings is 2. The Balaban J connectivity index is 2.14. The summed E-state index contributed by atoms with van der Waals surface area (Å²) >= 11 is 4.56. The molecule has 0 saturated heterocycles. The van der Waals surface area contributed by atoms with Gasteiger partial charge in [-0.05, 0) is 49.8 Å². The smallest absolute Gasteiger partial charge is 0.322 e. The highest BCUT2D eigenvalue weighted by Crippen LogP contribution is 2.22. The normalized spacial score (nSPS) is 13.8. The van der Waals surface area contributed by atoms with Crippen molar-refractivity contribution in [3.63, 3.8) is 0 Å². The molecule has 9 heteroatoms. The van der Waals surface area contributed by atoms with Gasteiger partial charge in [0.15, 0.2) is 11.6 Å². The Hall–Kier alpha value is -3.72. The fourth-order valence-corrected chi connectivity index (χ4v) is 4.36. The Bertz CT molecular complexity index is 1150. The molecular weight excluding hydrogens is 516 g/mol. The molecule has 2 rings (SSSR count). The molecule has 0 aliphatic carbocycles. The van der Waals surface area contributed by atoms with Gasteiger partial charge in [-0.2, -0.15) is 12.6 Å². The van der Waals surface area contributed by atoms with Crippen LogP contribution in [-0.2, 0) is 36.8 Å². The Labute approximate surface area is 234 Å². The van der Waals surface area contributed by atoms with Crippen molar-refractivity contribution in [2.45, 2.75) is 56.2 Å². The second-order valence-electron chi connectivity index (χ2n) is 9.67. The molecule has 2 amide bonds. The molecule has 0 unspecified atom stereocenters. The van der Waals surface area contributed by atoms with Gasteiger partial charge in [-0.15, -0.1) is 0 Å². The van der Waals surface area contributed by atoms with Crippen LogP contribution >= 0.6 is 12.6 Å². The number of Topliss-reactive ketones (excluding diaryl/α,β-unsaturated/α-hetero) is 1. The molecule has 3 atom stereocenters. The number of carbonyl (C=O) groups excluding carboxylic acids is 4. The van der Waals surface area contributed by atoms with Crippen molar-refractivity contribution in [1.29, 1.82) is 0 Å². The minimum absolute atomic E-state index is 0.0225. The molecule has 0 spiro atoms. The molecule has 0 aromatic heterocycles. The summed E-state index contributed by atoms with van der Waals surface area (Å²) in [6.07, 6.45) is 2.02. The zero-order valence-electron chi connectivity index (χ0n) is 22.1. The minimum atomic E-state index is -1.17. The summed E-state index contributed by atoms with van der Waals surface area (Å²) in [6.45, 7) is 4.60. The van der Waals surface area contributed by atoms with Crippen molar-refractivity contribution in [2.75, 3.05) is 6.54 Å². The molecule has 0 bridgehead atoms. The lowest BCUT2D eigenvalue weighted by Crippen LogP contribution is -2.49. The number of allylic oxidation sites excluding steroid dienone is 1. The number of carbonyl (C=O) groups is 5. The Morgan fingerprint density at radius 1 is 0.949 bits per heavy atom. The van der Waals surface area contributed by atoms with Crippen molar-refractivity contribution < 1.29 is 29.1 Å². The van der Waals surface area contributed by atoms with E-state index in [-0.39, 0.29) is 37.2 Å². The zero-order valence-corrected chi connectivity index (χ0v) is 23.0. The first-order valence-corrected chi connectivity index (χ1v) is 13.2. The lowest BCUT2D eigenvalue weighted by atomic mass is 9.90. The summed E-state index contributed by atoms with van der Waals surface area (Å²) in [5, 5.41) is 14.1. The molecule has 0 aliphatic heterocycles. The van der Waals surface area contributed by atoms with Gasteiger partial charge in [0.2, 0.25) is 11.8 Å². The summed E-state index contributed by atoms with van der Waals surface area (Å²) in [4.78, 5) is 62.1. The van der Waals surface area contributed by atoms with E-state index < -0.39 is 41.0 Å². The number of ketones is 2. The number of thiol groups is 1. The molecule has 0 saturated carbocycles. The maximum Gasteiger partial charge on any atom is 0.322 e. The third-order valence-corrected chi connectivity index (χ3v) is 6.69. The summed E-state index contributed by atoms with van der Waals surface area (Å²) < 4.78 is -1.12. The standard InChI is InChI=1S/C30H36N2O6S/c1-3-24(33)15-16-25(32-29(38)30(2,39)19-22-12-8-5-9-13-22)26(34)17-14-23(28(37)31-20-27(35)36)18-21-10-6-4-7-11-21/h3-13,23,25,39H,1,14-20H2,2H3,(H,31,37)(H,32,38)(H,35,36)/t23-,25-,30-/m0/s1. The highest BCUT2D eigenvalue weighted by atomic mass is 32.1. The summed E-state index contributed by atoms with van der Waals surface area (Å²) in [7, 11) is 0. The SMILES string of the molecule is C=CC(=O)CC[C@H](NC(=O)[C@@](C)(S)Cc1ccccc1)C(=O)CC[C@@H](Cc1ccccc1)C(=O)NCC(=O)O. The van der Waals surface area contributed by atoms with Gasteiger partial charge >= 0.3 is 5.97 Å². The van der Waals surface area contributed by atoms with Gasteiger partial charge in [-0.25, -0.2) is 0 Å². The maximum atomic E-state index is 13.3. The molecule has 0 radical (unpaired) electrons. The molecule has 208 valence electrons. The molecule has 0 fully saturated rings. The lowest BCUT2D eigenvalue weighted by Gasteiger charge is -2.27. The first-order chi connectivity index (χ1) is 18.5. The average Bonchev–Trinajstić information content (AvgIpc) is 2.92. The third kappa shape index (κ3) is 11.3. The van der Waals surface area contributed by atoms with Crippen molar-refractivity contribution in [2.24, 2.45) is 5.92 Å². The van der Waals surface area contributed by atoms with Crippen LogP contribution in [0.2, 0.25) is 0 Å². The van der Waals surface area contributed by atoms with Gasteiger partial charge in [-0.3, -0.25) is 24.0 Å². The Morgan fingerprint density at radius 2 is 1.54 bits per heavy atom. The topological polar surface area (TPSA) is 130 Å². The number of nitrogens with one attached hydrogen (secondary N) is 2. The van der Waals surface area contributed by atoms with Gasteiger partial charge in [-0.1, -0.05) is 67.2 Å². The molecule has 8 nitrogen and oxygen atoms in total. The van der Waals surface area contributed by atoms with Crippen LogP contribution in [0.4, 0.5) is 0 Å². The summed E-state index contributed by atoms with van der Waals surface area (Å²) in [5.74, 6) is -3.32. The summed E-state index contributed by atoms with van der Waals surface area (Å²) in [5.41, 5.74) is 1.78. The molecule has 0 aliphatic rings. The van der Waals surface area contributed by atoms with E-state index in [0.29, 0.717) is 12.8 Å². The van der Waals surface area contributed by atoms with Crippen LogP contribution in [0, 0.1) is 5.92 Å². The number of hydrogen-bond donors (Lipinski definition) is 4. The van der Waals surface area contributed by atoms with Gasteiger partial charge in [0.1, 0.15) is 6.54 Å². The van der Waals surface area contributed by atoms with Crippen LogP contribution in [0.15, 0.2) is 73.3 Å². The largest absolute Gasteiger partial charge is 0.480 e. The van der Waals surface area contributed by atoms with E-state index in [1.165, 1.54) is 6.08 Å². The quantitative estimate of drug-likeness (QED) is 0.176.